The highest BCUT2D eigenvalue weighted by atomic mass is 32.2. The van der Waals surface area contributed by atoms with Gasteiger partial charge in [0.15, 0.2) is 0 Å². The molecule has 0 rings (SSSR count). The summed E-state index contributed by atoms with van der Waals surface area (Å²) in [5, 5.41) is 0.735. The second kappa shape index (κ2) is 4.24. The van der Waals surface area contributed by atoms with Crippen molar-refractivity contribution in [3.8, 4) is 0 Å². The summed E-state index contributed by atoms with van der Waals surface area (Å²) in [7, 11) is -3.94. The standard InChI is InChI=1S/C6H10O3S/c1-2-3-4-5-6-10(7,8)9/h3-6H,2H2,1H3,(H,7,8,9). The van der Waals surface area contributed by atoms with Gasteiger partial charge in [0.2, 0.25) is 0 Å². The Morgan fingerprint density at radius 1 is 1.40 bits per heavy atom. The fourth-order valence-electron chi connectivity index (χ4n) is 0.359. The molecule has 0 saturated carbocycles. The zero-order valence-corrected chi connectivity index (χ0v) is 6.50. The molecule has 0 spiro atoms. The highest BCUT2D eigenvalue weighted by Crippen LogP contribution is 1.86. The summed E-state index contributed by atoms with van der Waals surface area (Å²) in [5.74, 6) is 0. The van der Waals surface area contributed by atoms with Crippen LogP contribution in [0, 0.1) is 0 Å². The fraction of sp³-hybridized carbons (Fsp3) is 0.333. The van der Waals surface area contributed by atoms with E-state index in [1.165, 1.54) is 6.08 Å². The van der Waals surface area contributed by atoms with Crippen LogP contribution in [0.2, 0.25) is 0 Å². The van der Waals surface area contributed by atoms with Crippen LogP contribution in [0.4, 0.5) is 0 Å². The molecule has 0 aromatic carbocycles. The van der Waals surface area contributed by atoms with Crippen molar-refractivity contribution in [2.45, 2.75) is 13.3 Å². The Kier molecular flexibility index (Phi) is 3.99. The fourth-order valence-corrected chi connectivity index (χ4v) is 0.649. The van der Waals surface area contributed by atoms with E-state index in [2.05, 4.69) is 0 Å². The van der Waals surface area contributed by atoms with Crippen molar-refractivity contribution in [3.63, 3.8) is 0 Å². The second-order valence-corrected chi connectivity index (χ2v) is 2.98. The number of allylic oxidation sites excluding steroid dienone is 3. The number of rotatable bonds is 3. The molecule has 0 aromatic rings. The van der Waals surface area contributed by atoms with E-state index in [1.54, 1.807) is 12.2 Å². The van der Waals surface area contributed by atoms with Crippen molar-refractivity contribution in [2.75, 3.05) is 0 Å². The zero-order chi connectivity index (χ0) is 8.04. The van der Waals surface area contributed by atoms with Crippen molar-refractivity contribution < 1.29 is 13.0 Å². The third kappa shape index (κ3) is 7.39. The molecular weight excluding hydrogens is 152 g/mol. The van der Waals surface area contributed by atoms with E-state index in [9.17, 15) is 8.42 Å². The molecule has 0 saturated heterocycles. The van der Waals surface area contributed by atoms with Crippen LogP contribution in [0.25, 0.3) is 0 Å². The van der Waals surface area contributed by atoms with Crippen LogP contribution < -0.4 is 0 Å². The van der Waals surface area contributed by atoms with Crippen molar-refractivity contribution in [2.24, 2.45) is 0 Å². The quantitative estimate of drug-likeness (QED) is 0.503. The molecule has 0 aromatic heterocycles. The maximum absolute atomic E-state index is 10.0. The van der Waals surface area contributed by atoms with Crippen molar-refractivity contribution in [1.82, 2.24) is 0 Å². The molecule has 0 amide bonds. The third-order valence-electron chi connectivity index (χ3n) is 0.733. The zero-order valence-electron chi connectivity index (χ0n) is 5.69. The molecule has 0 aliphatic heterocycles. The Morgan fingerprint density at radius 2 is 2.00 bits per heavy atom. The van der Waals surface area contributed by atoms with E-state index in [4.69, 9.17) is 4.55 Å². The number of hydrogen-bond acceptors (Lipinski definition) is 2. The van der Waals surface area contributed by atoms with Gasteiger partial charge < -0.3 is 0 Å². The minimum absolute atomic E-state index is 0.735. The van der Waals surface area contributed by atoms with Gasteiger partial charge in [-0.1, -0.05) is 19.1 Å². The minimum Gasteiger partial charge on any atom is -0.282 e. The Bertz CT molecular complexity index is 223. The van der Waals surface area contributed by atoms with Gasteiger partial charge in [-0.2, -0.15) is 8.42 Å². The SMILES string of the molecule is CCC=CC=CS(=O)(=O)O. The number of hydrogen-bond donors (Lipinski definition) is 1. The molecular formula is C6H10O3S. The van der Waals surface area contributed by atoms with Gasteiger partial charge in [-0.05, 0) is 12.5 Å². The first kappa shape index (κ1) is 9.39. The average Bonchev–Trinajstić information content (AvgIpc) is 1.78. The molecule has 3 nitrogen and oxygen atoms in total. The lowest BCUT2D eigenvalue weighted by Crippen LogP contribution is -1.87. The summed E-state index contributed by atoms with van der Waals surface area (Å²) in [6, 6.07) is 0. The van der Waals surface area contributed by atoms with Crippen LogP contribution in [-0.2, 0) is 10.1 Å². The first-order valence-corrected chi connectivity index (χ1v) is 4.37. The highest BCUT2D eigenvalue weighted by molar-refractivity contribution is 7.88. The first-order chi connectivity index (χ1) is 4.56. The third-order valence-corrected chi connectivity index (χ3v) is 1.23. The highest BCUT2D eigenvalue weighted by Gasteiger charge is 1.91. The normalized spacial score (nSPS) is 13.4. The van der Waals surface area contributed by atoms with Gasteiger partial charge >= 0.3 is 0 Å². The van der Waals surface area contributed by atoms with Crippen LogP contribution in [0.15, 0.2) is 23.6 Å². The molecule has 0 bridgehead atoms. The predicted octanol–water partition coefficient (Wildman–Crippen LogP) is 1.35. The van der Waals surface area contributed by atoms with Crippen LogP contribution in [-0.4, -0.2) is 13.0 Å². The van der Waals surface area contributed by atoms with Gasteiger partial charge in [-0.3, -0.25) is 4.55 Å². The lowest BCUT2D eigenvalue weighted by atomic mass is 10.4. The van der Waals surface area contributed by atoms with Gasteiger partial charge in [0.05, 0.1) is 5.41 Å². The van der Waals surface area contributed by atoms with Crippen molar-refractivity contribution in [3.05, 3.63) is 23.6 Å². The van der Waals surface area contributed by atoms with Crippen molar-refractivity contribution in [1.29, 1.82) is 0 Å². The van der Waals surface area contributed by atoms with Crippen LogP contribution in [0.1, 0.15) is 13.3 Å². The molecule has 0 radical (unpaired) electrons. The molecule has 0 aliphatic carbocycles. The molecule has 0 aliphatic rings. The summed E-state index contributed by atoms with van der Waals surface area (Å²) < 4.78 is 28.2. The topological polar surface area (TPSA) is 54.4 Å². The average molecular weight is 162 g/mol. The summed E-state index contributed by atoms with van der Waals surface area (Å²) in [6.07, 6.45) is 5.46. The Balaban J connectivity index is 3.91. The molecule has 4 heteroatoms. The molecule has 0 unspecified atom stereocenters. The van der Waals surface area contributed by atoms with E-state index >= 15 is 0 Å². The van der Waals surface area contributed by atoms with Gasteiger partial charge in [0, 0.05) is 0 Å². The summed E-state index contributed by atoms with van der Waals surface area (Å²) in [5.41, 5.74) is 0. The summed E-state index contributed by atoms with van der Waals surface area (Å²) in [6.45, 7) is 1.93. The van der Waals surface area contributed by atoms with E-state index in [0.29, 0.717) is 0 Å². The molecule has 58 valence electrons. The van der Waals surface area contributed by atoms with Crippen molar-refractivity contribution >= 4 is 10.1 Å². The molecule has 0 atom stereocenters. The summed E-state index contributed by atoms with van der Waals surface area (Å²) >= 11 is 0. The van der Waals surface area contributed by atoms with Crippen LogP contribution >= 0.6 is 0 Å². The minimum atomic E-state index is -3.94. The Hall–Kier alpha value is -0.610. The molecule has 10 heavy (non-hydrogen) atoms. The Labute approximate surface area is 60.8 Å². The van der Waals surface area contributed by atoms with E-state index < -0.39 is 10.1 Å². The van der Waals surface area contributed by atoms with E-state index in [1.807, 2.05) is 6.92 Å². The smallest absolute Gasteiger partial charge is 0.282 e. The lowest BCUT2D eigenvalue weighted by molar-refractivity contribution is 0.494. The van der Waals surface area contributed by atoms with Crippen LogP contribution in [0.5, 0.6) is 0 Å². The van der Waals surface area contributed by atoms with Crippen LogP contribution in [0.3, 0.4) is 0 Å². The van der Waals surface area contributed by atoms with Gasteiger partial charge in [0.25, 0.3) is 10.1 Å². The first-order valence-electron chi connectivity index (χ1n) is 2.87. The lowest BCUT2D eigenvalue weighted by Gasteiger charge is -1.79. The second-order valence-electron chi connectivity index (χ2n) is 1.68. The maximum Gasteiger partial charge on any atom is 0.287 e. The molecule has 0 heterocycles. The van der Waals surface area contributed by atoms with Gasteiger partial charge in [-0.25, -0.2) is 0 Å². The van der Waals surface area contributed by atoms with E-state index in [0.717, 1.165) is 11.8 Å². The van der Waals surface area contributed by atoms with E-state index in [-0.39, 0.29) is 0 Å². The summed E-state index contributed by atoms with van der Waals surface area (Å²) in [4.78, 5) is 0. The van der Waals surface area contributed by atoms with Gasteiger partial charge in [0.1, 0.15) is 0 Å². The molecule has 1 N–H and O–H groups in total. The monoisotopic (exact) mass is 162 g/mol. The largest absolute Gasteiger partial charge is 0.287 e. The van der Waals surface area contributed by atoms with Gasteiger partial charge in [-0.15, -0.1) is 0 Å². The predicted molar refractivity (Wildman–Crippen MR) is 40.1 cm³/mol. The Morgan fingerprint density at radius 3 is 2.40 bits per heavy atom. The maximum atomic E-state index is 10.0. The molecule has 0 fully saturated rings.